The number of rotatable bonds is 2. The highest BCUT2D eigenvalue weighted by atomic mass is 19.4. The van der Waals surface area contributed by atoms with Crippen molar-refractivity contribution in [3.63, 3.8) is 0 Å². The fourth-order valence-electron chi connectivity index (χ4n) is 3.25. The zero-order valence-electron chi connectivity index (χ0n) is 14.5. The van der Waals surface area contributed by atoms with Crippen molar-refractivity contribution in [3.8, 4) is 5.69 Å². The summed E-state index contributed by atoms with van der Waals surface area (Å²) < 4.78 is 42.1. The number of aromatic nitrogens is 3. The van der Waals surface area contributed by atoms with E-state index in [0.717, 1.165) is 28.6 Å². The zero-order valence-corrected chi connectivity index (χ0v) is 14.5. The average molecular weight is 372 g/mol. The molecule has 0 aliphatic rings. The number of benzene rings is 2. The van der Waals surface area contributed by atoms with Gasteiger partial charge in [0.1, 0.15) is 5.52 Å². The Hall–Kier alpha value is -3.29. The number of halogens is 3. The second-order valence-corrected chi connectivity index (χ2v) is 6.23. The second kappa shape index (κ2) is 5.87. The molecular weight excluding hydrogens is 357 g/mol. The molecule has 8 heteroatoms. The van der Waals surface area contributed by atoms with Crippen LogP contribution in [0.5, 0.6) is 0 Å². The summed E-state index contributed by atoms with van der Waals surface area (Å²) in [5, 5.41) is 7.79. The number of carbonyl (C=O) groups is 1. The molecule has 5 nitrogen and oxygen atoms in total. The maximum atomic E-state index is 12.9. The predicted octanol–water partition coefficient (Wildman–Crippen LogP) is 3.90. The highest BCUT2D eigenvalue weighted by Gasteiger charge is 2.30. The standard InChI is InChI=1S/C19H15F3N4O/c1-23-18(27)11-3-8-15-14(9-11)17-16(10-25(2)24-17)26(15)13-6-4-12(5-7-13)19(20,21)22/h3-10H,1-2H3,(H,23,27). The van der Waals surface area contributed by atoms with Crippen LogP contribution in [0.3, 0.4) is 0 Å². The number of aryl methyl sites for hydroxylation is 1. The predicted molar refractivity (Wildman–Crippen MR) is 95.9 cm³/mol. The van der Waals surface area contributed by atoms with Crippen LogP contribution in [0.1, 0.15) is 15.9 Å². The smallest absolute Gasteiger partial charge is 0.355 e. The first kappa shape index (κ1) is 17.1. The third-order valence-electron chi connectivity index (χ3n) is 4.49. The number of amides is 1. The molecule has 0 bridgehead atoms. The molecule has 1 N–H and O–H groups in total. The summed E-state index contributed by atoms with van der Waals surface area (Å²) in [6, 6.07) is 10.2. The fraction of sp³-hybridized carbons (Fsp3) is 0.158. The van der Waals surface area contributed by atoms with E-state index >= 15 is 0 Å². The molecule has 0 fully saturated rings. The number of carbonyl (C=O) groups excluding carboxylic acids is 1. The van der Waals surface area contributed by atoms with Crippen LogP contribution >= 0.6 is 0 Å². The maximum Gasteiger partial charge on any atom is 0.416 e. The number of hydrogen-bond donors (Lipinski definition) is 1. The Labute approximate surface area is 152 Å². The van der Waals surface area contributed by atoms with E-state index in [4.69, 9.17) is 0 Å². The molecule has 2 aromatic heterocycles. The van der Waals surface area contributed by atoms with Gasteiger partial charge in [-0.1, -0.05) is 0 Å². The SMILES string of the molecule is CNC(=O)c1ccc2c(c1)c1nn(C)cc1n2-c1ccc(C(F)(F)F)cc1. The molecule has 0 aliphatic heterocycles. The van der Waals surface area contributed by atoms with Crippen LogP contribution in [-0.4, -0.2) is 27.3 Å². The van der Waals surface area contributed by atoms with Gasteiger partial charge in [-0.25, -0.2) is 0 Å². The van der Waals surface area contributed by atoms with Gasteiger partial charge in [0.25, 0.3) is 5.91 Å². The van der Waals surface area contributed by atoms with Gasteiger partial charge in [-0.15, -0.1) is 0 Å². The van der Waals surface area contributed by atoms with Gasteiger partial charge in [0.15, 0.2) is 0 Å². The third-order valence-corrected chi connectivity index (χ3v) is 4.49. The highest BCUT2D eigenvalue weighted by Crippen LogP contribution is 2.34. The summed E-state index contributed by atoms with van der Waals surface area (Å²) in [5.41, 5.74) is 2.57. The van der Waals surface area contributed by atoms with E-state index in [1.54, 1.807) is 43.2 Å². The second-order valence-electron chi connectivity index (χ2n) is 6.23. The Morgan fingerprint density at radius 1 is 1.07 bits per heavy atom. The van der Waals surface area contributed by atoms with Gasteiger partial charge < -0.3 is 9.88 Å². The zero-order chi connectivity index (χ0) is 19.3. The topological polar surface area (TPSA) is 51.9 Å². The molecule has 138 valence electrons. The van der Waals surface area contributed by atoms with Crippen LogP contribution in [-0.2, 0) is 13.2 Å². The van der Waals surface area contributed by atoms with Crippen molar-refractivity contribution in [1.29, 1.82) is 0 Å². The Morgan fingerprint density at radius 2 is 1.78 bits per heavy atom. The normalized spacial score (nSPS) is 12.0. The summed E-state index contributed by atoms with van der Waals surface area (Å²) >= 11 is 0. The Kier molecular flexibility index (Phi) is 3.73. The molecule has 0 saturated heterocycles. The van der Waals surface area contributed by atoms with Gasteiger partial charge in [0.2, 0.25) is 0 Å². The first-order chi connectivity index (χ1) is 12.8. The molecule has 0 unspecified atom stereocenters. The van der Waals surface area contributed by atoms with E-state index in [-0.39, 0.29) is 5.91 Å². The third kappa shape index (κ3) is 2.73. The summed E-state index contributed by atoms with van der Waals surface area (Å²) in [7, 11) is 3.32. The van der Waals surface area contributed by atoms with Gasteiger partial charge in [-0.05, 0) is 42.5 Å². The van der Waals surface area contributed by atoms with Gasteiger partial charge >= 0.3 is 6.18 Å². The summed E-state index contributed by atoms with van der Waals surface area (Å²) in [6.07, 6.45) is -2.59. The number of nitrogens with zero attached hydrogens (tertiary/aromatic N) is 3. The Balaban J connectivity index is 1.97. The lowest BCUT2D eigenvalue weighted by Crippen LogP contribution is -2.17. The first-order valence-electron chi connectivity index (χ1n) is 8.17. The van der Waals surface area contributed by atoms with E-state index in [1.165, 1.54) is 12.1 Å². The first-order valence-corrected chi connectivity index (χ1v) is 8.17. The van der Waals surface area contributed by atoms with E-state index in [2.05, 4.69) is 10.4 Å². The number of fused-ring (bicyclic) bond motifs is 3. The van der Waals surface area contributed by atoms with Crippen molar-refractivity contribution < 1.29 is 18.0 Å². The molecule has 2 aromatic carbocycles. The molecule has 0 aliphatic carbocycles. The Morgan fingerprint density at radius 3 is 2.41 bits per heavy atom. The van der Waals surface area contributed by atoms with Crippen molar-refractivity contribution in [2.24, 2.45) is 7.05 Å². The lowest BCUT2D eigenvalue weighted by Gasteiger charge is -2.10. The summed E-state index contributed by atoms with van der Waals surface area (Å²) in [5.74, 6) is -0.219. The molecule has 2 heterocycles. The minimum Gasteiger partial charge on any atom is -0.355 e. The van der Waals surface area contributed by atoms with Crippen LogP contribution in [0.4, 0.5) is 13.2 Å². The lowest BCUT2D eigenvalue weighted by atomic mass is 10.1. The lowest BCUT2D eigenvalue weighted by molar-refractivity contribution is -0.137. The van der Waals surface area contributed by atoms with Gasteiger partial charge in [0.05, 0.1) is 16.6 Å². The molecule has 0 spiro atoms. The molecule has 0 radical (unpaired) electrons. The highest BCUT2D eigenvalue weighted by molar-refractivity contribution is 6.09. The van der Waals surface area contributed by atoms with Crippen LogP contribution in [0, 0.1) is 0 Å². The molecular formula is C19H15F3N4O. The average Bonchev–Trinajstić information content (AvgIpc) is 3.14. The summed E-state index contributed by atoms with van der Waals surface area (Å²) in [6.45, 7) is 0. The van der Waals surface area contributed by atoms with Crippen LogP contribution in [0.15, 0.2) is 48.7 Å². The van der Waals surface area contributed by atoms with E-state index in [9.17, 15) is 18.0 Å². The fourth-order valence-corrected chi connectivity index (χ4v) is 3.25. The monoisotopic (exact) mass is 372 g/mol. The molecule has 27 heavy (non-hydrogen) atoms. The molecule has 4 rings (SSSR count). The van der Waals surface area contributed by atoms with Crippen molar-refractivity contribution in [2.45, 2.75) is 6.18 Å². The largest absolute Gasteiger partial charge is 0.416 e. The minimum atomic E-state index is -4.39. The van der Waals surface area contributed by atoms with Crippen molar-refractivity contribution in [1.82, 2.24) is 19.7 Å². The number of hydrogen-bond acceptors (Lipinski definition) is 2. The number of alkyl halides is 3. The number of nitrogens with one attached hydrogen (secondary N) is 1. The molecule has 1 amide bonds. The van der Waals surface area contributed by atoms with E-state index < -0.39 is 11.7 Å². The molecule has 0 atom stereocenters. The van der Waals surface area contributed by atoms with E-state index in [1.807, 2.05) is 4.57 Å². The van der Waals surface area contributed by atoms with E-state index in [0.29, 0.717) is 16.8 Å². The van der Waals surface area contributed by atoms with Crippen LogP contribution < -0.4 is 5.32 Å². The Bertz CT molecular complexity index is 1170. The van der Waals surface area contributed by atoms with Crippen molar-refractivity contribution >= 4 is 27.8 Å². The minimum absolute atomic E-state index is 0.219. The van der Waals surface area contributed by atoms with Crippen LogP contribution in [0.2, 0.25) is 0 Å². The van der Waals surface area contributed by atoms with Crippen molar-refractivity contribution in [2.75, 3.05) is 7.05 Å². The summed E-state index contributed by atoms with van der Waals surface area (Å²) in [4.78, 5) is 12.0. The van der Waals surface area contributed by atoms with Gasteiger partial charge in [-0.2, -0.15) is 18.3 Å². The molecule has 4 aromatic rings. The van der Waals surface area contributed by atoms with Gasteiger partial charge in [-0.3, -0.25) is 9.48 Å². The quantitative estimate of drug-likeness (QED) is 0.580. The van der Waals surface area contributed by atoms with Gasteiger partial charge in [0, 0.05) is 36.9 Å². The molecule has 0 saturated carbocycles. The van der Waals surface area contributed by atoms with Crippen molar-refractivity contribution in [3.05, 3.63) is 59.8 Å². The van der Waals surface area contributed by atoms with Crippen LogP contribution in [0.25, 0.3) is 27.6 Å². The maximum absolute atomic E-state index is 12.9.